The van der Waals surface area contributed by atoms with Crippen molar-refractivity contribution in [2.45, 2.75) is 18.9 Å². The summed E-state index contributed by atoms with van der Waals surface area (Å²) in [5, 5.41) is 7.52. The van der Waals surface area contributed by atoms with Crippen molar-refractivity contribution >= 4 is 34.9 Å². The predicted molar refractivity (Wildman–Crippen MR) is 139 cm³/mol. The molecule has 1 saturated heterocycles. The molecule has 4 rings (SSSR count). The molecule has 1 aromatic heterocycles. The first-order valence-corrected chi connectivity index (χ1v) is 12.4. The monoisotopic (exact) mass is 491 g/mol. The lowest BCUT2D eigenvalue weighted by Crippen LogP contribution is -2.35. The molecule has 0 saturated carbocycles. The molecule has 8 heteroatoms. The van der Waals surface area contributed by atoms with Crippen LogP contribution in [0.1, 0.15) is 28.1 Å². The minimum absolute atomic E-state index is 0.153. The normalized spacial score (nSPS) is 14.9. The Hall–Kier alpha value is -3.62. The number of likely N-dealkylation sites (tertiary alicyclic amines) is 1. The number of methoxy groups -OCH3 is 1. The second-order valence-corrected chi connectivity index (χ2v) is 9.33. The van der Waals surface area contributed by atoms with Crippen molar-refractivity contribution in [2.75, 3.05) is 32.6 Å². The van der Waals surface area contributed by atoms with Gasteiger partial charge in [0.15, 0.2) is 0 Å². The van der Waals surface area contributed by atoms with E-state index >= 15 is 0 Å². The van der Waals surface area contributed by atoms with Crippen LogP contribution in [0.3, 0.4) is 0 Å². The van der Waals surface area contributed by atoms with Crippen LogP contribution in [0, 0.1) is 0 Å². The summed E-state index contributed by atoms with van der Waals surface area (Å²) in [6.45, 7) is 2.06. The van der Waals surface area contributed by atoms with Crippen LogP contribution < -0.4 is 20.1 Å². The summed E-state index contributed by atoms with van der Waals surface area (Å²) >= 11 is 1.48. The summed E-state index contributed by atoms with van der Waals surface area (Å²) in [5.74, 6) is 0.633. The first kappa shape index (κ1) is 24.5. The van der Waals surface area contributed by atoms with Gasteiger partial charge in [-0.05, 0) is 85.9 Å². The topological polar surface area (TPSA) is 79.9 Å². The molecule has 1 aliphatic rings. The van der Waals surface area contributed by atoms with Gasteiger partial charge in [-0.15, -0.1) is 11.3 Å². The molecular weight excluding hydrogens is 462 g/mol. The lowest BCUT2D eigenvalue weighted by atomic mass is 10.1. The molecule has 0 unspecified atom stereocenters. The predicted octanol–water partition coefficient (Wildman–Crippen LogP) is 4.64. The lowest BCUT2D eigenvalue weighted by Gasteiger charge is -2.29. The molecule has 0 bridgehead atoms. The number of carbonyl (C=O) groups excluding carboxylic acids is 2. The SMILES string of the molecule is COc1ccc(C(=O)N/C(=C\c2cccs2)C(=O)Nc2ccc(OC3CCN(C)CC3)cc2)cc1. The summed E-state index contributed by atoms with van der Waals surface area (Å²) in [6, 6.07) is 17.8. The van der Waals surface area contributed by atoms with Gasteiger partial charge in [0.25, 0.3) is 11.8 Å². The van der Waals surface area contributed by atoms with Gasteiger partial charge < -0.3 is 25.0 Å². The highest BCUT2D eigenvalue weighted by Crippen LogP contribution is 2.22. The van der Waals surface area contributed by atoms with Crippen molar-refractivity contribution in [3.8, 4) is 11.5 Å². The Labute approximate surface area is 209 Å². The van der Waals surface area contributed by atoms with E-state index in [0.29, 0.717) is 17.0 Å². The highest BCUT2D eigenvalue weighted by Gasteiger charge is 2.18. The molecule has 0 radical (unpaired) electrons. The molecule has 2 heterocycles. The molecule has 2 amide bonds. The Kier molecular flexibility index (Phi) is 8.18. The Balaban J connectivity index is 1.42. The largest absolute Gasteiger partial charge is 0.497 e. The van der Waals surface area contributed by atoms with Gasteiger partial charge in [-0.25, -0.2) is 0 Å². The summed E-state index contributed by atoms with van der Waals surface area (Å²) in [7, 11) is 3.68. The molecule has 0 atom stereocenters. The molecule has 1 aliphatic heterocycles. The number of amides is 2. The summed E-state index contributed by atoms with van der Waals surface area (Å²) < 4.78 is 11.2. The minimum Gasteiger partial charge on any atom is -0.497 e. The maximum absolute atomic E-state index is 13.1. The number of ether oxygens (including phenoxy) is 2. The van der Waals surface area contributed by atoms with Crippen LogP contribution in [0.25, 0.3) is 6.08 Å². The standard InChI is InChI=1S/C27H29N3O4S/c1-30-15-13-23(14-16-30)34-22-11-7-20(8-12-22)28-27(32)25(18-24-4-3-17-35-24)29-26(31)19-5-9-21(33-2)10-6-19/h3-12,17-18,23H,13-16H2,1-2H3,(H,28,32)(H,29,31)/b25-18-. The molecule has 0 spiro atoms. The van der Waals surface area contributed by atoms with Crippen LogP contribution in [-0.4, -0.2) is 50.1 Å². The fraction of sp³-hybridized carbons (Fsp3) is 0.259. The second-order valence-electron chi connectivity index (χ2n) is 8.36. The van der Waals surface area contributed by atoms with E-state index in [2.05, 4.69) is 22.6 Å². The number of hydrogen-bond acceptors (Lipinski definition) is 6. The van der Waals surface area contributed by atoms with Crippen molar-refractivity contribution in [1.29, 1.82) is 0 Å². The number of hydrogen-bond donors (Lipinski definition) is 2. The van der Waals surface area contributed by atoms with Crippen LogP contribution in [-0.2, 0) is 4.79 Å². The number of nitrogens with zero attached hydrogens (tertiary/aromatic N) is 1. The number of nitrogens with one attached hydrogen (secondary N) is 2. The quantitative estimate of drug-likeness (QED) is 0.449. The van der Waals surface area contributed by atoms with E-state index in [-0.39, 0.29) is 17.7 Å². The third-order valence-electron chi connectivity index (χ3n) is 5.76. The Morgan fingerprint density at radius 2 is 1.69 bits per heavy atom. The van der Waals surface area contributed by atoms with E-state index < -0.39 is 5.91 Å². The molecule has 35 heavy (non-hydrogen) atoms. The zero-order chi connectivity index (χ0) is 24.6. The van der Waals surface area contributed by atoms with Crippen molar-refractivity contribution in [3.05, 3.63) is 82.2 Å². The van der Waals surface area contributed by atoms with Crippen molar-refractivity contribution in [3.63, 3.8) is 0 Å². The first-order valence-electron chi connectivity index (χ1n) is 11.5. The van der Waals surface area contributed by atoms with Gasteiger partial charge in [0.1, 0.15) is 23.3 Å². The summed E-state index contributed by atoms with van der Waals surface area (Å²) in [6.07, 6.45) is 3.87. The number of rotatable bonds is 8. The van der Waals surface area contributed by atoms with E-state index in [0.717, 1.165) is 36.6 Å². The van der Waals surface area contributed by atoms with Crippen LogP contribution in [0.15, 0.2) is 71.7 Å². The van der Waals surface area contributed by atoms with Crippen LogP contribution in [0.5, 0.6) is 11.5 Å². The first-order chi connectivity index (χ1) is 17.0. The van der Waals surface area contributed by atoms with Crippen molar-refractivity contribution < 1.29 is 19.1 Å². The van der Waals surface area contributed by atoms with Crippen LogP contribution in [0.4, 0.5) is 5.69 Å². The minimum atomic E-state index is -0.413. The fourth-order valence-corrected chi connectivity index (χ4v) is 4.38. The molecule has 0 aliphatic carbocycles. The van der Waals surface area contributed by atoms with E-state index in [9.17, 15) is 9.59 Å². The number of anilines is 1. The number of thiophene rings is 1. The number of benzene rings is 2. The van der Waals surface area contributed by atoms with Crippen LogP contribution >= 0.6 is 11.3 Å². The third kappa shape index (κ3) is 6.94. The zero-order valence-electron chi connectivity index (χ0n) is 19.8. The fourth-order valence-electron chi connectivity index (χ4n) is 3.72. The molecule has 2 aromatic carbocycles. The molecule has 182 valence electrons. The number of piperidine rings is 1. The van der Waals surface area contributed by atoms with Gasteiger partial charge in [0.2, 0.25) is 0 Å². The van der Waals surface area contributed by atoms with Gasteiger partial charge in [-0.2, -0.15) is 0 Å². The summed E-state index contributed by atoms with van der Waals surface area (Å²) in [4.78, 5) is 29.1. The molecule has 3 aromatic rings. The highest BCUT2D eigenvalue weighted by atomic mass is 32.1. The van der Waals surface area contributed by atoms with Gasteiger partial charge in [0, 0.05) is 29.2 Å². The van der Waals surface area contributed by atoms with Gasteiger partial charge in [-0.3, -0.25) is 9.59 Å². The van der Waals surface area contributed by atoms with Crippen molar-refractivity contribution in [2.24, 2.45) is 0 Å². The third-order valence-corrected chi connectivity index (χ3v) is 6.57. The van der Waals surface area contributed by atoms with Gasteiger partial charge >= 0.3 is 0 Å². The van der Waals surface area contributed by atoms with E-state index in [1.807, 2.05) is 29.6 Å². The van der Waals surface area contributed by atoms with E-state index in [1.165, 1.54) is 11.3 Å². The molecule has 1 fully saturated rings. The maximum atomic E-state index is 13.1. The second kappa shape index (κ2) is 11.7. The average molecular weight is 492 g/mol. The summed E-state index contributed by atoms with van der Waals surface area (Å²) in [5.41, 5.74) is 1.19. The molecule has 7 nitrogen and oxygen atoms in total. The van der Waals surface area contributed by atoms with E-state index in [4.69, 9.17) is 9.47 Å². The Bertz CT molecular complexity index is 1150. The van der Waals surface area contributed by atoms with Crippen LogP contribution in [0.2, 0.25) is 0 Å². The smallest absolute Gasteiger partial charge is 0.272 e. The van der Waals surface area contributed by atoms with Gasteiger partial charge in [0.05, 0.1) is 7.11 Å². The number of carbonyl (C=O) groups is 2. The van der Waals surface area contributed by atoms with Crippen molar-refractivity contribution in [1.82, 2.24) is 10.2 Å². The molecular formula is C27H29N3O4S. The molecule has 2 N–H and O–H groups in total. The Morgan fingerprint density at radius 3 is 2.31 bits per heavy atom. The van der Waals surface area contributed by atoms with Gasteiger partial charge in [-0.1, -0.05) is 6.07 Å². The van der Waals surface area contributed by atoms with E-state index in [1.54, 1.807) is 49.6 Å². The maximum Gasteiger partial charge on any atom is 0.272 e. The highest BCUT2D eigenvalue weighted by molar-refractivity contribution is 7.10. The zero-order valence-corrected chi connectivity index (χ0v) is 20.6. The average Bonchev–Trinajstić information content (AvgIpc) is 3.39. The lowest BCUT2D eigenvalue weighted by molar-refractivity contribution is -0.113. The Morgan fingerprint density at radius 1 is 1.00 bits per heavy atom.